The van der Waals surface area contributed by atoms with Gasteiger partial charge in [-0.2, -0.15) is 5.10 Å². The average Bonchev–Trinajstić information content (AvgIpc) is 3.23. The number of hydrogen-bond donors (Lipinski definition) is 2. The standard InChI is InChI=1S/C25H16F3N3O2/c26-20-9-10-21(27)23(28)19(20)13-33-15-8-11-22-18(12-15)24(31-30-22)29-25(32)17-7-3-5-14-4-1-2-6-16(14)17/h1-12H,13H2,(H2,29,30,31,32). The number of H-pyrrole nitrogens is 1. The van der Waals surface area contributed by atoms with Crippen LogP contribution in [0.25, 0.3) is 21.7 Å². The maximum atomic E-state index is 13.9. The van der Waals surface area contributed by atoms with Gasteiger partial charge in [-0.05, 0) is 47.2 Å². The van der Waals surface area contributed by atoms with Crippen LogP contribution in [0, 0.1) is 17.5 Å². The van der Waals surface area contributed by atoms with Crippen molar-refractivity contribution in [3.05, 3.63) is 101 Å². The van der Waals surface area contributed by atoms with E-state index in [2.05, 4.69) is 15.5 Å². The number of rotatable bonds is 5. The lowest BCUT2D eigenvalue weighted by Crippen LogP contribution is -2.12. The highest BCUT2D eigenvalue weighted by atomic mass is 19.2. The first-order chi connectivity index (χ1) is 16.0. The lowest BCUT2D eigenvalue weighted by atomic mass is 10.0. The van der Waals surface area contributed by atoms with E-state index in [4.69, 9.17) is 4.74 Å². The number of hydrogen-bond acceptors (Lipinski definition) is 3. The predicted molar refractivity (Wildman–Crippen MR) is 119 cm³/mol. The molecular formula is C25H16F3N3O2. The van der Waals surface area contributed by atoms with Gasteiger partial charge in [0.2, 0.25) is 0 Å². The molecule has 0 saturated heterocycles. The van der Waals surface area contributed by atoms with Crippen LogP contribution in [0.4, 0.5) is 19.0 Å². The van der Waals surface area contributed by atoms with E-state index < -0.39 is 29.6 Å². The van der Waals surface area contributed by atoms with Crippen LogP contribution in [-0.2, 0) is 6.61 Å². The molecule has 0 aliphatic heterocycles. The van der Waals surface area contributed by atoms with E-state index in [1.807, 2.05) is 30.3 Å². The second-order valence-electron chi connectivity index (χ2n) is 7.37. The third kappa shape index (κ3) is 3.87. The van der Waals surface area contributed by atoms with Crippen LogP contribution in [0.3, 0.4) is 0 Å². The van der Waals surface area contributed by atoms with Gasteiger partial charge >= 0.3 is 0 Å². The number of carbonyl (C=O) groups excluding carboxylic acids is 1. The molecule has 164 valence electrons. The molecule has 8 heteroatoms. The van der Waals surface area contributed by atoms with Crippen molar-refractivity contribution < 1.29 is 22.7 Å². The van der Waals surface area contributed by atoms with Gasteiger partial charge in [0.15, 0.2) is 17.5 Å². The molecule has 5 aromatic rings. The van der Waals surface area contributed by atoms with Crippen LogP contribution >= 0.6 is 0 Å². The summed E-state index contributed by atoms with van der Waals surface area (Å²) in [4.78, 5) is 13.0. The molecule has 2 N–H and O–H groups in total. The molecule has 0 atom stereocenters. The summed E-state index contributed by atoms with van der Waals surface area (Å²) in [6, 6.07) is 19.4. The van der Waals surface area contributed by atoms with Crippen molar-refractivity contribution in [1.82, 2.24) is 10.2 Å². The second kappa shape index (κ2) is 8.31. The maximum absolute atomic E-state index is 13.9. The summed E-state index contributed by atoms with van der Waals surface area (Å²) >= 11 is 0. The van der Waals surface area contributed by atoms with Gasteiger partial charge in [0, 0.05) is 10.9 Å². The third-order valence-electron chi connectivity index (χ3n) is 5.32. The fourth-order valence-electron chi connectivity index (χ4n) is 3.63. The van der Waals surface area contributed by atoms with E-state index >= 15 is 0 Å². The van der Waals surface area contributed by atoms with Crippen molar-refractivity contribution in [2.75, 3.05) is 5.32 Å². The normalized spacial score (nSPS) is 11.1. The van der Waals surface area contributed by atoms with E-state index in [0.717, 1.165) is 22.9 Å². The number of amides is 1. The maximum Gasteiger partial charge on any atom is 0.257 e. The van der Waals surface area contributed by atoms with Crippen LogP contribution in [0.1, 0.15) is 15.9 Å². The number of halogens is 3. The quantitative estimate of drug-likeness (QED) is 0.327. The molecular weight excluding hydrogens is 431 g/mol. The number of aromatic amines is 1. The zero-order valence-corrected chi connectivity index (χ0v) is 17.0. The minimum Gasteiger partial charge on any atom is -0.489 e. The summed E-state index contributed by atoms with van der Waals surface area (Å²) in [7, 11) is 0. The molecule has 1 amide bonds. The number of anilines is 1. The highest BCUT2D eigenvalue weighted by molar-refractivity contribution is 6.14. The summed E-state index contributed by atoms with van der Waals surface area (Å²) < 4.78 is 46.7. The summed E-state index contributed by atoms with van der Waals surface area (Å²) in [5, 5.41) is 12.1. The van der Waals surface area contributed by atoms with Gasteiger partial charge in [0.25, 0.3) is 5.91 Å². The van der Waals surface area contributed by atoms with Gasteiger partial charge < -0.3 is 10.1 Å². The zero-order valence-electron chi connectivity index (χ0n) is 17.0. The second-order valence-corrected chi connectivity index (χ2v) is 7.37. The van der Waals surface area contributed by atoms with Gasteiger partial charge in [-0.25, -0.2) is 13.2 Å². The summed E-state index contributed by atoms with van der Waals surface area (Å²) in [5.74, 6) is -3.14. The minimum atomic E-state index is -1.29. The Hall–Kier alpha value is -4.33. The van der Waals surface area contributed by atoms with Crippen LogP contribution in [-0.4, -0.2) is 16.1 Å². The first-order valence-corrected chi connectivity index (χ1v) is 10.0. The highest BCUT2D eigenvalue weighted by Gasteiger charge is 2.16. The lowest BCUT2D eigenvalue weighted by molar-refractivity contribution is 0.102. The van der Waals surface area contributed by atoms with Crippen LogP contribution in [0.15, 0.2) is 72.8 Å². The fourth-order valence-corrected chi connectivity index (χ4v) is 3.63. The molecule has 0 bridgehead atoms. The number of nitrogens with one attached hydrogen (secondary N) is 2. The molecule has 33 heavy (non-hydrogen) atoms. The molecule has 0 spiro atoms. The molecule has 0 aliphatic carbocycles. The summed E-state index contributed by atoms with van der Waals surface area (Å²) in [6.07, 6.45) is 0. The zero-order chi connectivity index (χ0) is 22.9. The Labute approximate surface area is 185 Å². The Morgan fingerprint density at radius 2 is 1.70 bits per heavy atom. The number of nitrogens with zero attached hydrogens (tertiary/aromatic N) is 1. The van der Waals surface area contributed by atoms with E-state index in [0.29, 0.717) is 16.5 Å². The van der Waals surface area contributed by atoms with E-state index in [9.17, 15) is 18.0 Å². The minimum absolute atomic E-state index is 0.271. The SMILES string of the molecule is O=C(Nc1n[nH]c2ccc(OCc3c(F)ccc(F)c3F)cc12)c1cccc2ccccc12. The van der Waals surface area contributed by atoms with Crippen LogP contribution < -0.4 is 10.1 Å². The molecule has 5 rings (SSSR count). The number of aromatic nitrogens is 2. The van der Waals surface area contributed by atoms with E-state index in [1.165, 1.54) is 0 Å². The van der Waals surface area contributed by atoms with Crippen molar-refractivity contribution >= 4 is 33.4 Å². The predicted octanol–water partition coefficient (Wildman–Crippen LogP) is 5.96. The number of benzene rings is 4. The number of carbonyl (C=O) groups is 1. The van der Waals surface area contributed by atoms with E-state index in [1.54, 1.807) is 30.3 Å². The van der Waals surface area contributed by atoms with Gasteiger partial charge in [0.1, 0.15) is 18.2 Å². The van der Waals surface area contributed by atoms with E-state index in [-0.39, 0.29) is 17.5 Å². The Morgan fingerprint density at radius 1 is 0.909 bits per heavy atom. The molecule has 0 fully saturated rings. The number of ether oxygens (including phenoxy) is 1. The largest absolute Gasteiger partial charge is 0.489 e. The van der Waals surface area contributed by atoms with Crippen molar-refractivity contribution in [2.45, 2.75) is 6.61 Å². The number of fused-ring (bicyclic) bond motifs is 2. The molecule has 4 aromatic carbocycles. The Morgan fingerprint density at radius 3 is 2.58 bits per heavy atom. The molecule has 0 saturated carbocycles. The topological polar surface area (TPSA) is 67.0 Å². The molecule has 0 unspecified atom stereocenters. The molecule has 0 aliphatic rings. The van der Waals surface area contributed by atoms with Crippen LogP contribution in [0.2, 0.25) is 0 Å². The van der Waals surface area contributed by atoms with Gasteiger partial charge in [-0.1, -0.05) is 36.4 Å². The smallest absolute Gasteiger partial charge is 0.257 e. The molecule has 1 heterocycles. The summed E-state index contributed by atoms with van der Waals surface area (Å²) in [6.45, 7) is -0.503. The van der Waals surface area contributed by atoms with Gasteiger partial charge in [-0.3, -0.25) is 9.89 Å². The first kappa shape index (κ1) is 20.6. The Kier molecular flexibility index (Phi) is 5.18. The van der Waals surface area contributed by atoms with Crippen molar-refractivity contribution in [3.63, 3.8) is 0 Å². The average molecular weight is 447 g/mol. The Balaban J connectivity index is 1.41. The van der Waals surface area contributed by atoms with Crippen molar-refractivity contribution in [3.8, 4) is 5.75 Å². The molecule has 1 aromatic heterocycles. The highest BCUT2D eigenvalue weighted by Crippen LogP contribution is 2.28. The molecule has 0 radical (unpaired) electrons. The third-order valence-corrected chi connectivity index (χ3v) is 5.32. The summed E-state index contributed by atoms with van der Waals surface area (Å²) in [5.41, 5.74) is 0.610. The van der Waals surface area contributed by atoms with Crippen molar-refractivity contribution in [2.24, 2.45) is 0 Å². The lowest BCUT2D eigenvalue weighted by Gasteiger charge is -2.09. The fraction of sp³-hybridized carbons (Fsp3) is 0.0400. The van der Waals surface area contributed by atoms with Gasteiger partial charge in [0.05, 0.1) is 11.1 Å². The monoisotopic (exact) mass is 447 g/mol. The Bertz CT molecular complexity index is 1510. The van der Waals surface area contributed by atoms with Crippen molar-refractivity contribution in [1.29, 1.82) is 0 Å². The molecule has 5 nitrogen and oxygen atoms in total. The van der Waals surface area contributed by atoms with Gasteiger partial charge in [-0.15, -0.1) is 0 Å². The van der Waals surface area contributed by atoms with Crippen LogP contribution in [0.5, 0.6) is 5.75 Å². The first-order valence-electron chi connectivity index (χ1n) is 10.0.